The molecule has 2 nitrogen and oxygen atoms in total. The molecule has 2 heteroatoms. The Morgan fingerprint density at radius 1 is 1.29 bits per heavy atom. The highest BCUT2D eigenvalue weighted by Gasteiger charge is 2.48. The van der Waals surface area contributed by atoms with E-state index in [4.69, 9.17) is 4.74 Å². The first-order chi connectivity index (χ1) is 9.84. The number of nitrogens with one attached hydrogen (secondary N) is 1. The highest BCUT2D eigenvalue weighted by atomic mass is 16.5. The largest absolute Gasteiger partial charge is 0.369 e. The van der Waals surface area contributed by atoms with Crippen molar-refractivity contribution in [2.45, 2.75) is 96.8 Å². The van der Waals surface area contributed by atoms with Crippen molar-refractivity contribution in [3.8, 4) is 0 Å². The number of rotatable bonds is 6. The van der Waals surface area contributed by atoms with Gasteiger partial charge in [-0.25, -0.2) is 0 Å². The molecule has 0 aromatic heterocycles. The van der Waals surface area contributed by atoms with Crippen LogP contribution in [0.25, 0.3) is 0 Å². The fraction of sp³-hybridized carbons (Fsp3) is 0.895. The maximum Gasteiger partial charge on any atom is 0.0677 e. The van der Waals surface area contributed by atoms with E-state index in [1.807, 2.05) is 0 Å². The van der Waals surface area contributed by atoms with Crippen LogP contribution in [-0.2, 0) is 4.74 Å². The summed E-state index contributed by atoms with van der Waals surface area (Å²) < 4.78 is 6.34. The highest BCUT2D eigenvalue weighted by molar-refractivity contribution is 5.10. The molecule has 0 saturated carbocycles. The smallest absolute Gasteiger partial charge is 0.0677 e. The van der Waals surface area contributed by atoms with Crippen LogP contribution >= 0.6 is 0 Å². The molecule has 1 heterocycles. The Hall–Kier alpha value is -0.340. The Labute approximate surface area is 131 Å². The lowest BCUT2D eigenvalue weighted by molar-refractivity contribution is -0.0776. The van der Waals surface area contributed by atoms with Crippen molar-refractivity contribution >= 4 is 0 Å². The van der Waals surface area contributed by atoms with Gasteiger partial charge >= 0.3 is 0 Å². The maximum absolute atomic E-state index is 6.34. The second-order valence-corrected chi connectivity index (χ2v) is 8.15. The molecular formula is C19H35NO. The lowest BCUT2D eigenvalue weighted by Crippen LogP contribution is -2.44. The number of hydrogen-bond donors (Lipinski definition) is 1. The molecule has 0 aromatic carbocycles. The first kappa shape index (κ1) is 17.0. The molecule has 21 heavy (non-hydrogen) atoms. The third-order valence-electron chi connectivity index (χ3n) is 5.15. The fourth-order valence-corrected chi connectivity index (χ4v) is 4.29. The first-order valence-corrected chi connectivity index (χ1v) is 8.95. The van der Waals surface area contributed by atoms with E-state index >= 15 is 0 Å². The lowest BCUT2D eigenvalue weighted by atomic mass is 9.78. The van der Waals surface area contributed by atoms with E-state index in [0.29, 0.717) is 12.0 Å². The molecule has 1 saturated heterocycles. The van der Waals surface area contributed by atoms with Crippen molar-refractivity contribution in [1.29, 1.82) is 0 Å². The van der Waals surface area contributed by atoms with Gasteiger partial charge in [0, 0.05) is 12.0 Å². The van der Waals surface area contributed by atoms with Gasteiger partial charge in [0.15, 0.2) is 0 Å². The second-order valence-electron chi connectivity index (χ2n) is 8.15. The predicted octanol–water partition coefficient (Wildman–Crippen LogP) is 4.84. The van der Waals surface area contributed by atoms with Gasteiger partial charge in [-0.2, -0.15) is 0 Å². The summed E-state index contributed by atoms with van der Waals surface area (Å²) in [6.07, 6.45) is 11.4. The van der Waals surface area contributed by atoms with Gasteiger partial charge in [0.1, 0.15) is 0 Å². The van der Waals surface area contributed by atoms with Gasteiger partial charge in [0.25, 0.3) is 0 Å². The summed E-state index contributed by atoms with van der Waals surface area (Å²) in [7, 11) is 0. The molecule has 122 valence electrons. The van der Waals surface area contributed by atoms with Gasteiger partial charge in [-0.1, -0.05) is 18.6 Å². The number of hydrogen-bond acceptors (Lipinski definition) is 2. The van der Waals surface area contributed by atoms with Crippen LogP contribution in [0.1, 0.15) is 79.6 Å². The van der Waals surface area contributed by atoms with Gasteiger partial charge in [-0.3, -0.25) is 0 Å². The Kier molecular flexibility index (Phi) is 5.54. The Morgan fingerprint density at radius 3 is 2.57 bits per heavy atom. The molecule has 0 spiro atoms. The first-order valence-electron chi connectivity index (χ1n) is 8.95. The minimum Gasteiger partial charge on any atom is -0.369 e. The SMILES string of the molecule is CCCNC(CC1=CCCCC1)C1CC(C)(C)OC1(C)C. The molecule has 2 unspecified atom stereocenters. The summed E-state index contributed by atoms with van der Waals surface area (Å²) in [5.74, 6) is 0.599. The molecule has 0 bridgehead atoms. The van der Waals surface area contributed by atoms with Crippen molar-refractivity contribution in [3.05, 3.63) is 11.6 Å². The van der Waals surface area contributed by atoms with E-state index in [1.54, 1.807) is 5.57 Å². The van der Waals surface area contributed by atoms with Crippen LogP contribution < -0.4 is 5.32 Å². The predicted molar refractivity (Wildman–Crippen MR) is 90.6 cm³/mol. The van der Waals surface area contributed by atoms with Crippen molar-refractivity contribution in [2.75, 3.05) is 6.54 Å². The van der Waals surface area contributed by atoms with Gasteiger partial charge in [0.2, 0.25) is 0 Å². The van der Waals surface area contributed by atoms with Gasteiger partial charge in [-0.05, 0) is 79.2 Å². The van der Waals surface area contributed by atoms with Crippen molar-refractivity contribution in [3.63, 3.8) is 0 Å². The monoisotopic (exact) mass is 293 g/mol. The van der Waals surface area contributed by atoms with Crippen LogP contribution in [0, 0.1) is 5.92 Å². The van der Waals surface area contributed by atoms with E-state index in [0.717, 1.165) is 13.0 Å². The summed E-state index contributed by atoms with van der Waals surface area (Å²) in [5.41, 5.74) is 1.67. The van der Waals surface area contributed by atoms with E-state index in [2.05, 4.69) is 46.0 Å². The van der Waals surface area contributed by atoms with E-state index in [1.165, 1.54) is 38.5 Å². The summed E-state index contributed by atoms with van der Waals surface area (Å²) in [6.45, 7) is 12.4. The summed E-state index contributed by atoms with van der Waals surface area (Å²) in [6, 6.07) is 0.561. The maximum atomic E-state index is 6.34. The molecular weight excluding hydrogens is 258 g/mol. The topological polar surface area (TPSA) is 21.3 Å². The summed E-state index contributed by atoms with van der Waals surface area (Å²) in [5, 5.41) is 3.83. The minimum absolute atomic E-state index is 0.0151. The molecule has 0 radical (unpaired) electrons. The zero-order valence-electron chi connectivity index (χ0n) is 14.8. The Morgan fingerprint density at radius 2 is 2.05 bits per heavy atom. The van der Waals surface area contributed by atoms with Crippen LogP contribution in [0.2, 0.25) is 0 Å². The summed E-state index contributed by atoms with van der Waals surface area (Å²) >= 11 is 0. The third-order valence-corrected chi connectivity index (χ3v) is 5.15. The highest BCUT2D eigenvalue weighted by Crippen LogP contribution is 2.45. The number of ether oxygens (including phenoxy) is 1. The second kappa shape index (κ2) is 6.83. The molecule has 2 atom stereocenters. The third kappa shape index (κ3) is 4.56. The van der Waals surface area contributed by atoms with E-state index < -0.39 is 0 Å². The molecule has 0 aromatic rings. The molecule has 1 aliphatic heterocycles. The van der Waals surface area contributed by atoms with Crippen LogP contribution in [-0.4, -0.2) is 23.8 Å². The average Bonchev–Trinajstić information content (AvgIpc) is 2.63. The van der Waals surface area contributed by atoms with Crippen LogP contribution in [0.4, 0.5) is 0 Å². The quantitative estimate of drug-likeness (QED) is 0.708. The van der Waals surface area contributed by atoms with Gasteiger partial charge in [-0.15, -0.1) is 0 Å². The van der Waals surface area contributed by atoms with Crippen LogP contribution in [0.15, 0.2) is 11.6 Å². The zero-order chi connectivity index (χ0) is 15.5. The molecule has 0 amide bonds. The standard InChI is InChI=1S/C19H35NO/c1-6-12-20-17(13-15-10-8-7-9-11-15)16-14-18(2,3)21-19(16,4)5/h10,16-17,20H,6-9,11-14H2,1-5H3. The fourth-order valence-electron chi connectivity index (χ4n) is 4.29. The number of allylic oxidation sites excluding steroid dienone is 1. The Balaban J connectivity index is 2.09. The normalized spacial score (nSPS) is 29.2. The van der Waals surface area contributed by atoms with Gasteiger partial charge in [0.05, 0.1) is 11.2 Å². The van der Waals surface area contributed by atoms with E-state index in [-0.39, 0.29) is 11.2 Å². The molecule has 2 aliphatic rings. The van der Waals surface area contributed by atoms with E-state index in [9.17, 15) is 0 Å². The zero-order valence-corrected chi connectivity index (χ0v) is 14.8. The molecule has 2 rings (SSSR count). The van der Waals surface area contributed by atoms with Gasteiger partial charge < -0.3 is 10.1 Å². The van der Waals surface area contributed by atoms with Crippen molar-refractivity contribution in [2.24, 2.45) is 5.92 Å². The van der Waals surface area contributed by atoms with Crippen molar-refractivity contribution in [1.82, 2.24) is 5.32 Å². The summed E-state index contributed by atoms with van der Waals surface area (Å²) in [4.78, 5) is 0. The van der Waals surface area contributed by atoms with Crippen molar-refractivity contribution < 1.29 is 4.74 Å². The van der Waals surface area contributed by atoms with Crippen LogP contribution in [0.5, 0.6) is 0 Å². The molecule has 1 fully saturated rings. The molecule has 1 N–H and O–H groups in total. The lowest BCUT2D eigenvalue weighted by Gasteiger charge is -2.34. The van der Waals surface area contributed by atoms with Crippen LogP contribution in [0.3, 0.4) is 0 Å². The Bertz CT molecular complexity index is 370. The molecule has 1 aliphatic carbocycles. The minimum atomic E-state index is -0.0237. The average molecular weight is 293 g/mol.